The molecule has 0 aliphatic rings. The van der Waals surface area contributed by atoms with E-state index in [4.69, 9.17) is 0 Å². The zero-order valence-electron chi connectivity index (χ0n) is 5.30. The molecule has 1 atom stereocenters. The number of hydrogen-bond donors (Lipinski definition) is 0. The molecule has 1 heterocycles. The van der Waals surface area contributed by atoms with Crippen molar-refractivity contribution in [3.8, 4) is 0 Å². The van der Waals surface area contributed by atoms with Crippen molar-refractivity contribution in [3.05, 3.63) is 24.1 Å². The van der Waals surface area contributed by atoms with Crippen LogP contribution in [0.25, 0.3) is 0 Å². The summed E-state index contributed by atoms with van der Waals surface area (Å²) in [5.41, 5.74) is 0. The molecule has 1 aromatic heterocycles. The zero-order valence-corrected chi connectivity index (χ0v) is 6.11. The molecule has 0 N–H and O–H groups in total. The van der Waals surface area contributed by atoms with Gasteiger partial charge in [-0.2, -0.15) is 0 Å². The fourth-order valence-corrected chi connectivity index (χ4v) is 0.943. The Kier molecular flexibility index (Phi) is 2.24. The standard InChI is InChI=1S/C6H5FNOS/c1-10(9)6-4-5(7)2-3-8-6/h2-3H,1H3. The van der Waals surface area contributed by atoms with E-state index in [9.17, 15) is 8.94 Å². The molecular formula is C6H5FNOS. The van der Waals surface area contributed by atoms with Crippen LogP contribution in [-0.2, 0) is 11.2 Å². The first-order valence-corrected chi connectivity index (χ1v) is 4.13. The molecular weight excluding hydrogens is 153 g/mol. The molecule has 0 amide bonds. The van der Waals surface area contributed by atoms with E-state index in [1.54, 1.807) is 0 Å². The van der Waals surface area contributed by atoms with Crippen LogP contribution in [0.4, 0.5) is 4.39 Å². The molecule has 1 radical (unpaired) electrons. The van der Waals surface area contributed by atoms with E-state index in [1.165, 1.54) is 12.5 Å². The molecule has 1 rings (SSSR count). The SMILES string of the molecule is C[S+]([O-])c1[c]c(F)ccn1. The van der Waals surface area contributed by atoms with Gasteiger partial charge in [-0.25, -0.2) is 9.37 Å². The molecule has 10 heavy (non-hydrogen) atoms. The molecule has 0 aliphatic heterocycles. The van der Waals surface area contributed by atoms with Crippen LogP contribution >= 0.6 is 0 Å². The number of hydrogen-bond acceptors (Lipinski definition) is 2. The lowest BCUT2D eigenvalue weighted by molar-refractivity contribution is 0.587. The normalized spacial score (nSPS) is 13.1. The van der Waals surface area contributed by atoms with Gasteiger partial charge in [-0.1, -0.05) is 0 Å². The molecule has 0 saturated carbocycles. The number of rotatable bonds is 1. The van der Waals surface area contributed by atoms with Gasteiger partial charge in [0.05, 0.1) is 0 Å². The van der Waals surface area contributed by atoms with Crippen molar-refractivity contribution in [2.75, 3.05) is 6.26 Å². The van der Waals surface area contributed by atoms with Crippen LogP contribution in [0.15, 0.2) is 17.3 Å². The lowest BCUT2D eigenvalue weighted by Crippen LogP contribution is -2.00. The van der Waals surface area contributed by atoms with E-state index in [0.29, 0.717) is 0 Å². The van der Waals surface area contributed by atoms with Gasteiger partial charge in [-0.05, 0) is 6.07 Å². The maximum Gasteiger partial charge on any atom is 0.255 e. The van der Waals surface area contributed by atoms with Crippen molar-refractivity contribution in [1.29, 1.82) is 0 Å². The van der Waals surface area contributed by atoms with Crippen LogP contribution < -0.4 is 0 Å². The molecule has 2 nitrogen and oxygen atoms in total. The molecule has 4 heteroatoms. The summed E-state index contributed by atoms with van der Waals surface area (Å²) in [7, 11) is 0. The quantitative estimate of drug-likeness (QED) is 0.565. The third kappa shape index (κ3) is 1.68. The Labute approximate surface area is 61.3 Å². The lowest BCUT2D eigenvalue weighted by Gasteiger charge is -1.99. The second kappa shape index (κ2) is 2.98. The molecule has 53 valence electrons. The second-order valence-corrected chi connectivity index (χ2v) is 2.97. The van der Waals surface area contributed by atoms with E-state index >= 15 is 0 Å². The lowest BCUT2D eigenvalue weighted by atomic mass is 10.5. The van der Waals surface area contributed by atoms with E-state index in [0.717, 1.165) is 6.07 Å². The Morgan fingerprint density at radius 2 is 2.50 bits per heavy atom. The van der Waals surface area contributed by atoms with Gasteiger partial charge in [0.1, 0.15) is 18.1 Å². The second-order valence-electron chi connectivity index (χ2n) is 1.68. The maximum atomic E-state index is 12.3. The van der Waals surface area contributed by atoms with Crippen molar-refractivity contribution >= 4 is 11.2 Å². The first kappa shape index (κ1) is 7.50. The van der Waals surface area contributed by atoms with Crippen LogP contribution in [0.2, 0.25) is 0 Å². The minimum absolute atomic E-state index is 0.153. The van der Waals surface area contributed by atoms with Crippen molar-refractivity contribution < 1.29 is 8.94 Å². The zero-order chi connectivity index (χ0) is 7.56. The van der Waals surface area contributed by atoms with Crippen LogP contribution in [0.5, 0.6) is 0 Å². The Morgan fingerprint density at radius 3 is 2.90 bits per heavy atom. The van der Waals surface area contributed by atoms with Gasteiger partial charge >= 0.3 is 0 Å². The van der Waals surface area contributed by atoms with Gasteiger partial charge in [-0.15, -0.1) is 0 Å². The third-order valence-corrected chi connectivity index (χ3v) is 1.66. The average Bonchev–Trinajstić information content (AvgIpc) is 1.88. The summed E-state index contributed by atoms with van der Waals surface area (Å²) in [6.07, 6.45) is 2.70. The highest BCUT2D eigenvalue weighted by Crippen LogP contribution is 2.04. The Balaban J connectivity index is 2.96. The minimum Gasteiger partial charge on any atom is -0.610 e. The molecule has 0 saturated heterocycles. The van der Waals surface area contributed by atoms with Crippen molar-refractivity contribution in [2.24, 2.45) is 0 Å². The van der Waals surface area contributed by atoms with E-state index < -0.39 is 17.0 Å². The topological polar surface area (TPSA) is 36.0 Å². The smallest absolute Gasteiger partial charge is 0.255 e. The van der Waals surface area contributed by atoms with Crippen LogP contribution in [-0.4, -0.2) is 15.8 Å². The Bertz CT molecular complexity index is 229. The molecule has 1 aromatic rings. The summed E-state index contributed by atoms with van der Waals surface area (Å²) < 4.78 is 22.9. The molecule has 1 unspecified atom stereocenters. The summed E-state index contributed by atoms with van der Waals surface area (Å²) in [4.78, 5) is 3.64. The first-order chi connectivity index (χ1) is 4.70. The van der Waals surface area contributed by atoms with Gasteiger partial charge in [0.25, 0.3) is 5.03 Å². The Hall–Kier alpha value is -0.610. The molecule has 0 spiro atoms. The largest absolute Gasteiger partial charge is 0.610 e. The number of nitrogens with zero attached hydrogens (tertiary/aromatic N) is 1. The number of halogens is 1. The minimum atomic E-state index is -1.25. The molecule has 0 bridgehead atoms. The van der Waals surface area contributed by atoms with E-state index in [2.05, 4.69) is 11.1 Å². The van der Waals surface area contributed by atoms with Gasteiger partial charge < -0.3 is 4.55 Å². The Morgan fingerprint density at radius 1 is 1.80 bits per heavy atom. The van der Waals surface area contributed by atoms with Crippen LogP contribution in [0.3, 0.4) is 0 Å². The van der Waals surface area contributed by atoms with E-state index in [1.807, 2.05) is 0 Å². The highest BCUT2D eigenvalue weighted by Gasteiger charge is 2.06. The predicted octanol–water partition coefficient (Wildman–Crippen LogP) is 0.758. The van der Waals surface area contributed by atoms with Crippen molar-refractivity contribution in [3.63, 3.8) is 0 Å². The summed E-state index contributed by atoms with van der Waals surface area (Å²) in [6, 6.07) is 3.39. The number of pyridine rings is 1. The molecule has 0 fully saturated rings. The summed E-state index contributed by atoms with van der Waals surface area (Å²) in [5, 5.41) is 0.153. The molecule has 0 aliphatic carbocycles. The van der Waals surface area contributed by atoms with Crippen LogP contribution in [0.1, 0.15) is 0 Å². The summed E-state index contributed by atoms with van der Waals surface area (Å²) >= 11 is -1.25. The van der Waals surface area contributed by atoms with Crippen LogP contribution in [0, 0.1) is 11.9 Å². The highest BCUT2D eigenvalue weighted by molar-refractivity contribution is 7.90. The first-order valence-electron chi connectivity index (χ1n) is 2.57. The molecule has 0 aromatic carbocycles. The highest BCUT2D eigenvalue weighted by atomic mass is 32.2. The van der Waals surface area contributed by atoms with Gasteiger partial charge in [0, 0.05) is 17.4 Å². The summed E-state index contributed by atoms with van der Waals surface area (Å²) in [5.74, 6) is -0.528. The monoisotopic (exact) mass is 158 g/mol. The van der Waals surface area contributed by atoms with Crippen molar-refractivity contribution in [2.45, 2.75) is 5.03 Å². The fourth-order valence-electron chi connectivity index (χ4n) is 0.493. The summed E-state index contributed by atoms with van der Waals surface area (Å²) in [6.45, 7) is 0. The third-order valence-electron chi connectivity index (χ3n) is 0.911. The van der Waals surface area contributed by atoms with E-state index in [-0.39, 0.29) is 5.03 Å². The average molecular weight is 158 g/mol. The van der Waals surface area contributed by atoms with Gasteiger partial charge in [0.2, 0.25) is 0 Å². The van der Waals surface area contributed by atoms with Crippen molar-refractivity contribution in [1.82, 2.24) is 4.98 Å². The number of aromatic nitrogens is 1. The fraction of sp³-hybridized carbons (Fsp3) is 0.167. The predicted molar refractivity (Wildman–Crippen MR) is 35.4 cm³/mol. The van der Waals surface area contributed by atoms with Gasteiger partial charge in [-0.3, -0.25) is 0 Å². The maximum absolute atomic E-state index is 12.3. The van der Waals surface area contributed by atoms with Gasteiger partial charge in [0.15, 0.2) is 0 Å².